The Labute approximate surface area is 118 Å². The van der Waals surface area contributed by atoms with Crippen molar-refractivity contribution in [3.05, 3.63) is 53.8 Å². The molecular formula is C13H9F3O4S. The number of methoxy groups -OCH3 is 1. The Balaban J connectivity index is 2.40. The average molecular weight is 318 g/mol. The van der Waals surface area contributed by atoms with Gasteiger partial charge in [-0.25, -0.2) is 13.2 Å². The van der Waals surface area contributed by atoms with E-state index in [1.807, 2.05) is 0 Å². The molecule has 0 heterocycles. The van der Waals surface area contributed by atoms with Gasteiger partial charge in [0.2, 0.25) is 0 Å². The molecule has 0 spiro atoms. The largest absolute Gasteiger partial charge is 0.497 e. The van der Waals surface area contributed by atoms with Crippen LogP contribution in [0, 0.1) is 17.5 Å². The molecule has 0 N–H and O–H groups in total. The van der Waals surface area contributed by atoms with E-state index in [0.717, 1.165) is 0 Å². The monoisotopic (exact) mass is 318 g/mol. The van der Waals surface area contributed by atoms with Crippen LogP contribution in [0.15, 0.2) is 41.3 Å². The molecule has 0 bridgehead atoms. The number of ether oxygens (including phenoxy) is 1. The van der Waals surface area contributed by atoms with Gasteiger partial charge in [0.25, 0.3) is 0 Å². The van der Waals surface area contributed by atoms with Crippen molar-refractivity contribution in [1.82, 2.24) is 0 Å². The van der Waals surface area contributed by atoms with Gasteiger partial charge >= 0.3 is 10.1 Å². The van der Waals surface area contributed by atoms with Crippen LogP contribution in [0.25, 0.3) is 0 Å². The summed E-state index contributed by atoms with van der Waals surface area (Å²) in [6.07, 6.45) is 0. The van der Waals surface area contributed by atoms with Crippen LogP contribution in [0.3, 0.4) is 0 Å². The predicted molar refractivity (Wildman–Crippen MR) is 67.1 cm³/mol. The van der Waals surface area contributed by atoms with E-state index in [9.17, 15) is 21.6 Å². The summed E-state index contributed by atoms with van der Waals surface area (Å²) in [5, 5.41) is 0. The Morgan fingerprint density at radius 1 is 0.905 bits per heavy atom. The first kappa shape index (κ1) is 15.2. The molecule has 8 heteroatoms. The zero-order valence-electron chi connectivity index (χ0n) is 10.6. The summed E-state index contributed by atoms with van der Waals surface area (Å²) in [4.78, 5) is -1.09. The third-order valence-corrected chi connectivity index (χ3v) is 3.75. The van der Waals surface area contributed by atoms with Gasteiger partial charge in [0.15, 0.2) is 11.6 Å². The maximum absolute atomic E-state index is 13.5. The molecule has 0 unspecified atom stereocenters. The van der Waals surface area contributed by atoms with Crippen molar-refractivity contribution in [3.63, 3.8) is 0 Å². The van der Waals surface area contributed by atoms with Crippen molar-refractivity contribution in [3.8, 4) is 11.5 Å². The third kappa shape index (κ3) is 3.27. The van der Waals surface area contributed by atoms with E-state index in [4.69, 9.17) is 4.74 Å². The number of halogens is 3. The molecule has 0 atom stereocenters. The summed E-state index contributed by atoms with van der Waals surface area (Å²) in [5.74, 6) is -4.28. The van der Waals surface area contributed by atoms with Crippen LogP contribution in [-0.2, 0) is 10.1 Å². The summed E-state index contributed by atoms with van der Waals surface area (Å²) >= 11 is 0. The van der Waals surface area contributed by atoms with Gasteiger partial charge in [-0.05, 0) is 12.1 Å². The second-order valence-corrected chi connectivity index (χ2v) is 5.43. The molecule has 112 valence electrons. The molecule has 0 saturated carbocycles. The quantitative estimate of drug-likeness (QED) is 0.642. The van der Waals surface area contributed by atoms with Gasteiger partial charge in [0.05, 0.1) is 7.11 Å². The minimum atomic E-state index is -4.65. The Bertz CT molecular complexity index is 775. The minimum absolute atomic E-state index is 0.136. The third-order valence-electron chi connectivity index (χ3n) is 2.49. The maximum Gasteiger partial charge on any atom is 0.342 e. The normalized spacial score (nSPS) is 11.2. The molecule has 2 aromatic rings. The van der Waals surface area contributed by atoms with Crippen LogP contribution in [-0.4, -0.2) is 15.5 Å². The van der Waals surface area contributed by atoms with Crippen molar-refractivity contribution >= 4 is 10.1 Å². The Morgan fingerprint density at radius 2 is 1.52 bits per heavy atom. The van der Waals surface area contributed by atoms with Gasteiger partial charge in [-0.2, -0.15) is 8.42 Å². The van der Waals surface area contributed by atoms with Crippen LogP contribution in [0.2, 0.25) is 0 Å². The molecule has 0 aliphatic heterocycles. The van der Waals surface area contributed by atoms with Crippen LogP contribution in [0.5, 0.6) is 11.5 Å². The van der Waals surface area contributed by atoms with E-state index in [1.54, 1.807) is 0 Å². The lowest BCUT2D eigenvalue weighted by Crippen LogP contribution is -2.12. The maximum atomic E-state index is 13.5. The van der Waals surface area contributed by atoms with Crippen molar-refractivity contribution < 1.29 is 30.5 Å². The Morgan fingerprint density at radius 3 is 2.19 bits per heavy atom. The molecule has 0 aliphatic carbocycles. The predicted octanol–water partition coefficient (Wildman–Crippen LogP) is 2.88. The zero-order valence-corrected chi connectivity index (χ0v) is 11.5. The van der Waals surface area contributed by atoms with Crippen molar-refractivity contribution in [2.45, 2.75) is 4.90 Å². The molecule has 0 fully saturated rings. The van der Waals surface area contributed by atoms with E-state index in [2.05, 4.69) is 4.18 Å². The standard InChI is InChI=1S/C13H9F3O4S/c1-19-8-3-2-4-9(5-8)20-21(17,18)13-7-11(15)10(14)6-12(13)16/h2-7H,1H3. The second-order valence-electron chi connectivity index (χ2n) is 3.91. The smallest absolute Gasteiger partial charge is 0.342 e. The van der Waals surface area contributed by atoms with E-state index in [-0.39, 0.29) is 17.9 Å². The summed E-state index contributed by atoms with van der Waals surface area (Å²) in [6, 6.07) is 5.88. The van der Waals surface area contributed by atoms with E-state index in [1.165, 1.54) is 31.4 Å². The second kappa shape index (κ2) is 5.65. The molecule has 0 aromatic heterocycles. The van der Waals surface area contributed by atoms with E-state index < -0.39 is 32.5 Å². The molecule has 0 aliphatic rings. The highest BCUT2D eigenvalue weighted by molar-refractivity contribution is 7.87. The summed E-state index contributed by atoms with van der Waals surface area (Å²) in [6.45, 7) is 0. The van der Waals surface area contributed by atoms with Crippen LogP contribution >= 0.6 is 0 Å². The fraction of sp³-hybridized carbons (Fsp3) is 0.0769. The van der Waals surface area contributed by atoms with Crippen LogP contribution in [0.4, 0.5) is 13.2 Å². The Kier molecular flexibility index (Phi) is 4.08. The molecule has 0 amide bonds. The summed E-state index contributed by atoms with van der Waals surface area (Å²) in [5.41, 5.74) is 0. The van der Waals surface area contributed by atoms with Gasteiger partial charge < -0.3 is 8.92 Å². The number of hydrogen-bond acceptors (Lipinski definition) is 4. The summed E-state index contributed by atoms with van der Waals surface area (Å²) < 4.78 is 72.7. The van der Waals surface area contributed by atoms with Gasteiger partial charge in [0.1, 0.15) is 22.2 Å². The first-order valence-electron chi connectivity index (χ1n) is 5.56. The molecule has 0 saturated heterocycles. The van der Waals surface area contributed by atoms with Gasteiger partial charge in [-0.15, -0.1) is 0 Å². The molecule has 2 aromatic carbocycles. The highest BCUT2D eigenvalue weighted by Crippen LogP contribution is 2.25. The SMILES string of the molecule is COc1cccc(OS(=O)(=O)c2cc(F)c(F)cc2F)c1. The number of hydrogen-bond donors (Lipinski definition) is 0. The molecule has 2 rings (SSSR count). The fourth-order valence-corrected chi connectivity index (χ4v) is 2.51. The minimum Gasteiger partial charge on any atom is -0.497 e. The number of benzene rings is 2. The molecular weight excluding hydrogens is 309 g/mol. The Hall–Kier alpha value is -2.22. The fourth-order valence-electron chi connectivity index (χ4n) is 1.52. The van der Waals surface area contributed by atoms with E-state index in [0.29, 0.717) is 5.75 Å². The van der Waals surface area contributed by atoms with E-state index >= 15 is 0 Å². The van der Waals surface area contributed by atoms with Gasteiger partial charge in [-0.1, -0.05) is 6.07 Å². The van der Waals surface area contributed by atoms with Crippen LogP contribution < -0.4 is 8.92 Å². The molecule has 4 nitrogen and oxygen atoms in total. The van der Waals surface area contributed by atoms with Gasteiger partial charge in [-0.3, -0.25) is 0 Å². The lowest BCUT2D eigenvalue weighted by atomic mass is 10.3. The van der Waals surface area contributed by atoms with Gasteiger partial charge in [0, 0.05) is 18.2 Å². The van der Waals surface area contributed by atoms with Crippen molar-refractivity contribution in [2.24, 2.45) is 0 Å². The van der Waals surface area contributed by atoms with Crippen LogP contribution in [0.1, 0.15) is 0 Å². The molecule has 21 heavy (non-hydrogen) atoms. The lowest BCUT2D eigenvalue weighted by Gasteiger charge is -2.09. The number of rotatable bonds is 4. The van der Waals surface area contributed by atoms with Crippen molar-refractivity contribution in [2.75, 3.05) is 7.11 Å². The topological polar surface area (TPSA) is 52.6 Å². The first-order chi connectivity index (χ1) is 9.83. The highest BCUT2D eigenvalue weighted by Gasteiger charge is 2.24. The van der Waals surface area contributed by atoms with Crippen molar-refractivity contribution in [1.29, 1.82) is 0 Å². The lowest BCUT2D eigenvalue weighted by molar-refractivity contribution is 0.411. The first-order valence-corrected chi connectivity index (χ1v) is 6.97. The highest BCUT2D eigenvalue weighted by atomic mass is 32.2. The zero-order chi connectivity index (χ0) is 15.6. The average Bonchev–Trinajstić information content (AvgIpc) is 2.42. The summed E-state index contributed by atoms with van der Waals surface area (Å²) in [7, 11) is -3.28. The molecule has 0 radical (unpaired) electrons.